The van der Waals surface area contributed by atoms with E-state index in [0.29, 0.717) is 29.0 Å². The van der Waals surface area contributed by atoms with Crippen molar-refractivity contribution in [3.63, 3.8) is 0 Å². The summed E-state index contributed by atoms with van der Waals surface area (Å²) in [4.78, 5) is 12.3. The van der Waals surface area contributed by atoms with Crippen molar-refractivity contribution in [2.45, 2.75) is 32.8 Å². The quantitative estimate of drug-likeness (QED) is 0.819. The first-order valence-corrected chi connectivity index (χ1v) is 7.78. The van der Waals surface area contributed by atoms with Gasteiger partial charge in [-0.2, -0.15) is 5.26 Å². The van der Waals surface area contributed by atoms with E-state index in [4.69, 9.17) is 14.6 Å². The van der Waals surface area contributed by atoms with E-state index >= 15 is 0 Å². The molecular weight excluding hydrogens is 348 g/mol. The average Bonchev–Trinajstić information content (AvgIpc) is 2.82. The number of nitriles is 1. The summed E-state index contributed by atoms with van der Waals surface area (Å²) < 4.78 is 12.0. The minimum absolute atomic E-state index is 0.0433. The summed E-state index contributed by atoms with van der Waals surface area (Å²) in [5.41, 5.74) is 0.124. The van der Waals surface area contributed by atoms with Crippen LogP contribution in [0.4, 0.5) is 0 Å². The third-order valence-corrected chi connectivity index (χ3v) is 4.43. The van der Waals surface area contributed by atoms with Crippen LogP contribution in [0.15, 0.2) is 32.6 Å². The fraction of sp³-hybridized carbons (Fsp3) is 0.438. The first-order valence-electron chi connectivity index (χ1n) is 6.99. The molecule has 2 heterocycles. The molecule has 0 amide bonds. The third-order valence-electron chi connectivity index (χ3n) is 4.00. The van der Waals surface area contributed by atoms with Crippen molar-refractivity contribution in [2.24, 2.45) is 11.3 Å². The number of hydrogen-bond donors (Lipinski definition) is 1. The van der Waals surface area contributed by atoms with E-state index in [0.717, 1.165) is 0 Å². The highest BCUT2D eigenvalue weighted by atomic mass is 79.9. The van der Waals surface area contributed by atoms with Gasteiger partial charge < -0.3 is 14.6 Å². The Labute approximate surface area is 136 Å². The standard InChI is InChI=1S/C16H15BrN2O3/c1-16(2)5-9(20)13-11(6-16)22-15(8(7-18)14(13)19)10-3-4-12(17)21-10/h3-4,8,15,19H,5-6H2,1-2H3/t8?,15-/m1/s1. The van der Waals surface area contributed by atoms with Crippen molar-refractivity contribution in [3.8, 4) is 6.07 Å². The van der Waals surface area contributed by atoms with Crippen LogP contribution < -0.4 is 0 Å². The summed E-state index contributed by atoms with van der Waals surface area (Å²) in [6.07, 6.45) is 0.254. The maximum Gasteiger partial charge on any atom is 0.177 e. The van der Waals surface area contributed by atoms with Gasteiger partial charge in [0.25, 0.3) is 0 Å². The number of nitrogens with one attached hydrogen (secondary N) is 1. The van der Waals surface area contributed by atoms with Crippen molar-refractivity contribution in [1.29, 1.82) is 10.7 Å². The molecule has 0 bridgehead atoms. The Morgan fingerprint density at radius 3 is 2.73 bits per heavy atom. The molecule has 1 N–H and O–H groups in total. The Hall–Kier alpha value is -1.87. The lowest BCUT2D eigenvalue weighted by Crippen LogP contribution is -2.38. The molecular formula is C16H15BrN2O3. The van der Waals surface area contributed by atoms with Crippen LogP contribution in [0.2, 0.25) is 0 Å². The molecule has 1 aromatic rings. The summed E-state index contributed by atoms with van der Waals surface area (Å²) in [7, 11) is 0. The van der Waals surface area contributed by atoms with Crippen LogP contribution in [0.5, 0.6) is 0 Å². The highest BCUT2D eigenvalue weighted by Gasteiger charge is 2.45. The molecule has 0 fully saturated rings. The van der Waals surface area contributed by atoms with E-state index in [2.05, 4.69) is 22.0 Å². The van der Waals surface area contributed by atoms with Gasteiger partial charge in [-0.25, -0.2) is 0 Å². The van der Waals surface area contributed by atoms with Crippen molar-refractivity contribution in [1.82, 2.24) is 0 Å². The summed E-state index contributed by atoms with van der Waals surface area (Å²) in [5, 5.41) is 17.7. The molecule has 1 aliphatic carbocycles. The van der Waals surface area contributed by atoms with Crippen molar-refractivity contribution in [3.05, 3.63) is 33.9 Å². The minimum atomic E-state index is -0.845. The lowest BCUT2D eigenvalue weighted by molar-refractivity contribution is -0.118. The normalized spacial score (nSPS) is 27.2. The van der Waals surface area contributed by atoms with Crippen molar-refractivity contribution < 1.29 is 13.9 Å². The predicted molar refractivity (Wildman–Crippen MR) is 82.1 cm³/mol. The van der Waals surface area contributed by atoms with Gasteiger partial charge in [-0.05, 0) is 33.5 Å². The van der Waals surface area contributed by atoms with Gasteiger partial charge in [-0.3, -0.25) is 4.79 Å². The number of ketones is 1. The van der Waals surface area contributed by atoms with E-state index in [1.54, 1.807) is 12.1 Å². The minimum Gasteiger partial charge on any atom is -0.484 e. The molecule has 3 rings (SSSR count). The number of allylic oxidation sites excluding steroid dienone is 2. The second kappa shape index (κ2) is 5.10. The van der Waals surface area contributed by atoms with E-state index in [1.165, 1.54) is 0 Å². The number of rotatable bonds is 1. The van der Waals surface area contributed by atoms with Gasteiger partial charge in [0.05, 0.1) is 17.4 Å². The van der Waals surface area contributed by atoms with Crippen molar-refractivity contribution in [2.75, 3.05) is 0 Å². The van der Waals surface area contributed by atoms with Crippen LogP contribution >= 0.6 is 15.9 Å². The molecule has 0 radical (unpaired) electrons. The van der Waals surface area contributed by atoms with E-state index in [-0.39, 0.29) is 22.5 Å². The van der Waals surface area contributed by atoms with Gasteiger partial charge in [0.15, 0.2) is 16.6 Å². The van der Waals surface area contributed by atoms with Gasteiger partial charge in [-0.15, -0.1) is 0 Å². The smallest absolute Gasteiger partial charge is 0.177 e. The fourth-order valence-corrected chi connectivity index (χ4v) is 3.35. The number of carbonyl (C=O) groups excluding carboxylic acids is 1. The lowest BCUT2D eigenvalue weighted by Gasteiger charge is -2.38. The van der Waals surface area contributed by atoms with Crippen LogP contribution in [0, 0.1) is 28.1 Å². The van der Waals surface area contributed by atoms with Gasteiger partial charge in [-0.1, -0.05) is 13.8 Å². The van der Waals surface area contributed by atoms with Crippen LogP contribution in [0.25, 0.3) is 0 Å². The third kappa shape index (κ3) is 2.40. The zero-order valence-corrected chi connectivity index (χ0v) is 13.9. The van der Waals surface area contributed by atoms with Gasteiger partial charge >= 0.3 is 0 Å². The lowest BCUT2D eigenvalue weighted by atomic mass is 9.72. The summed E-state index contributed by atoms with van der Waals surface area (Å²) in [5.74, 6) is 0.0263. The maximum absolute atomic E-state index is 12.3. The number of hydrogen-bond acceptors (Lipinski definition) is 5. The van der Waals surface area contributed by atoms with Crippen LogP contribution in [0.3, 0.4) is 0 Å². The second-order valence-electron chi connectivity index (χ2n) is 6.44. The number of halogens is 1. The molecule has 6 heteroatoms. The molecule has 22 heavy (non-hydrogen) atoms. The van der Waals surface area contributed by atoms with Gasteiger partial charge in [0.2, 0.25) is 0 Å². The molecule has 5 nitrogen and oxygen atoms in total. The van der Waals surface area contributed by atoms with Crippen LogP contribution in [-0.4, -0.2) is 11.5 Å². The molecule has 1 unspecified atom stereocenters. The zero-order valence-electron chi connectivity index (χ0n) is 12.3. The number of nitrogens with zero attached hydrogens (tertiary/aromatic N) is 1. The molecule has 0 saturated heterocycles. The van der Waals surface area contributed by atoms with Crippen LogP contribution in [0.1, 0.15) is 38.6 Å². The monoisotopic (exact) mass is 362 g/mol. The number of furan rings is 1. The first-order chi connectivity index (χ1) is 10.3. The van der Waals surface area contributed by atoms with Gasteiger partial charge in [0.1, 0.15) is 17.4 Å². The maximum atomic E-state index is 12.3. The van der Waals surface area contributed by atoms with Crippen LogP contribution in [-0.2, 0) is 9.53 Å². The number of carbonyl (C=O) groups is 1. The highest BCUT2D eigenvalue weighted by Crippen LogP contribution is 2.45. The molecule has 0 aromatic carbocycles. The Morgan fingerprint density at radius 1 is 1.41 bits per heavy atom. The Kier molecular flexibility index (Phi) is 3.48. The topological polar surface area (TPSA) is 87.1 Å². The number of Topliss-reactive ketones (excluding diaryl/α,β-unsaturated/α-hetero) is 1. The van der Waals surface area contributed by atoms with E-state index in [1.807, 2.05) is 13.8 Å². The van der Waals surface area contributed by atoms with Crippen molar-refractivity contribution >= 4 is 27.4 Å². The summed E-state index contributed by atoms with van der Waals surface area (Å²) in [6.45, 7) is 3.99. The number of ether oxygens (including phenoxy) is 1. The second-order valence-corrected chi connectivity index (χ2v) is 7.22. The largest absolute Gasteiger partial charge is 0.484 e. The summed E-state index contributed by atoms with van der Waals surface area (Å²) >= 11 is 3.23. The Balaban J connectivity index is 2.06. The molecule has 0 saturated carbocycles. The zero-order chi connectivity index (χ0) is 16.1. The Bertz CT molecular complexity index is 739. The first kappa shape index (κ1) is 15.0. The SMILES string of the molecule is CC1(C)CC(=O)C2=C(C1)O[C@@H](c1ccc(Br)o1)C(C#N)C2=N. The van der Waals surface area contributed by atoms with E-state index in [9.17, 15) is 10.1 Å². The highest BCUT2D eigenvalue weighted by molar-refractivity contribution is 9.10. The molecule has 2 aliphatic rings. The Morgan fingerprint density at radius 2 is 2.14 bits per heavy atom. The molecule has 1 aliphatic heterocycles. The average molecular weight is 363 g/mol. The van der Waals surface area contributed by atoms with Gasteiger partial charge in [0, 0.05) is 12.8 Å². The molecule has 0 spiro atoms. The molecule has 1 aromatic heterocycles. The fourth-order valence-electron chi connectivity index (χ4n) is 3.03. The summed E-state index contributed by atoms with van der Waals surface area (Å²) in [6, 6.07) is 5.51. The molecule has 2 atom stereocenters. The molecule has 114 valence electrons. The predicted octanol–water partition coefficient (Wildman–Crippen LogP) is 3.92. The van der Waals surface area contributed by atoms with E-state index < -0.39 is 12.0 Å².